The van der Waals surface area contributed by atoms with Crippen LogP contribution in [0.1, 0.15) is 62.6 Å². The highest BCUT2D eigenvalue weighted by Gasteiger charge is 2.32. The molecule has 0 radical (unpaired) electrons. The summed E-state index contributed by atoms with van der Waals surface area (Å²) in [6.45, 7) is 4.39. The molecule has 1 aliphatic carbocycles. The van der Waals surface area contributed by atoms with E-state index in [-0.39, 0.29) is 42.5 Å². The van der Waals surface area contributed by atoms with Gasteiger partial charge in [-0.05, 0) is 65.6 Å². The standard InChI is InChI=1S/C43H41F5N4O10/c1-21(2)18-31(52-42(58)60-20-29-27-10-6-4-8-25(27)26-9-5-7-11-28(26)29)41(57)49-22(3)39(55)51-30(16-17-32(53)54)40(56)50-24-14-12-23(13-15-24)19-61-43(59)62-38-36(47)34(45)33(44)35(46)37(38)48/h4-15,21-22,29-31H,16-20H2,1-3H3,(H,49,57)(H,50,56)(H,51,55)(H,52,58)(H,53,54)/t22-,30-,31+/m0/s1. The van der Waals surface area contributed by atoms with E-state index in [2.05, 4.69) is 30.7 Å². The third-order valence-corrected chi connectivity index (χ3v) is 9.62. The van der Waals surface area contributed by atoms with Gasteiger partial charge in [-0.2, -0.15) is 8.78 Å². The molecule has 328 valence electrons. The smallest absolute Gasteiger partial charge is 0.481 e. The quantitative estimate of drug-likeness (QED) is 0.0246. The van der Waals surface area contributed by atoms with Gasteiger partial charge in [0.25, 0.3) is 0 Å². The van der Waals surface area contributed by atoms with E-state index in [1.165, 1.54) is 31.2 Å². The lowest BCUT2D eigenvalue weighted by Crippen LogP contribution is -2.55. The number of ether oxygens (including phenoxy) is 3. The van der Waals surface area contributed by atoms with Crippen LogP contribution >= 0.6 is 0 Å². The topological polar surface area (TPSA) is 198 Å². The van der Waals surface area contributed by atoms with E-state index in [1.54, 1.807) is 0 Å². The molecule has 0 spiro atoms. The van der Waals surface area contributed by atoms with E-state index in [4.69, 9.17) is 4.74 Å². The monoisotopic (exact) mass is 868 g/mol. The Balaban J connectivity index is 1.14. The van der Waals surface area contributed by atoms with Crippen molar-refractivity contribution in [2.75, 3.05) is 11.9 Å². The fourth-order valence-electron chi connectivity index (χ4n) is 6.54. The van der Waals surface area contributed by atoms with Crippen LogP contribution in [0.3, 0.4) is 0 Å². The molecule has 62 heavy (non-hydrogen) atoms. The Labute approximate surface area is 351 Å². The second-order valence-corrected chi connectivity index (χ2v) is 14.6. The molecule has 0 saturated heterocycles. The average Bonchev–Trinajstić information content (AvgIpc) is 3.56. The number of amides is 4. The van der Waals surface area contributed by atoms with Crippen LogP contribution in [0.15, 0.2) is 72.8 Å². The Morgan fingerprint density at radius 2 is 1.23 bits per heavy atom. The first-order chi connectivity index (χ1) is 29.4. The van der Waals surface area contributed by atoms with Gasteiger partial charge in [0, 0.05) is 18.0 Å². The van der Waals surface area contributed by atoms with Gasteiger partial charge in [-0.3, -0.25) is 19.2 Å². The average molecular weight is 869 g/mol. The van der Waals surface area contributed by atoms with Crippen LogP contribution in [0.25, 0.3) is 11.1 Å². The third kappa shape index (κ3) is 11.4. The lowest BCUT2D eigenvalue weighted by molar-refractivity contribution is -0.137. The Morgan fingerprint density at radius 3 is 1.79 bits per heavy atom. The summed E-state index contributed by atoms with van der Waals surface area (Å²) in [5, 5.41) is 19.3. The molecule has 4 aromatic rings. The number of alkyl carbamates (subject to hydrolysis) is 1. The molecule has 0 aliphatic heterocycles. The summed E-state index contributed by atoms with van der Waals surface area (Å²) < 4.78 is 82.2. The van der Waals surface area contributed by atoms with Crippen molar-refractivity contribution in [3.63, 3.8) is 0 Å². The van der Waals surface area contributed by atoms with Crippen LogP contribution < -0.4 is 26.0 Å². The van der Waals surface area contributed by atoms with E-state index in [0.717, 1.165) is 22.3 Å². The molecule has 0 fully saturated rings. The third-order valence-electron chi connectivity index (χ3n) is 9.62. The maximum atomic E-state index is 13.8. The minimum atomic E-state index is -2.45. The van der Waals surface area contributed by atoms with Gasteiger partial charge >= 0.3 is 18.2 Å². The predicted octanol–water partition coefficient (Wildman–Crippen LogP) is 6.84. The number of carboxylic acid groups (broad SMARTS) is 1. The van der Waals surface area contributed by atoms with Crippen molar-refractivity contribution in [2.24, 2.45) is 5.92 Å². The number of nitrogens with one attached hydrogen (secondary N) is 4. The molecule has 0 aromatic heterocycles. The summed E-state index contributed by atoms with van der Waals surface area (Å²) in [7, 11) is 0. The number of carbonyl (C=O) groups excluding carboxylic acids is 5. The highest BCUT2D eigenvalue weighted by atomic mass is 19.2. The number of hydrogen-bond acceptors (Lipinski definition) is 9. The Morgan fingerprint density at radius 1 is 0.661 bits per heavy atom. The van der Waals surface area contributed by atoms with Crippen LogP contribution in [-0.2, 0) is 35.3 Å². The molecule has 3 atom stereocenters. The molecular formula is C43H41F5N4O10. The molecule has 0 saturated carbocycles. The zero-order valence-corrected chi connectivity index (χ0v) is 33.4. The molecule has 5 rings (SSSR count). The summed E-state index contributed by atoms with van der Waals surface area (Å²) in [5.41, 5.74) is 4.41. The summed E-state index contributed by atoms with van der Waals surface area (Å²) in [6.07, 6.45) is -3.35. The number of anilines is 1. The zero-order valence-electron chi connectivity index (χ0n) is 33.4. The van der Waals surface area contributed by atoms with Crippen molar-refractivity contribution >= 4 is 41.6 Å². The molecule has 0 unspecified atom stereocenters. The van der Waals surface area contributed by atoms with E-state index in [1.807, 2.05) is 62.4 Å². The predicted molar refractivity (Wildman–Crippen MR) is 210 cm³/mol. The van der Waals surface area contributed by atoms with Crippen LogP contribution in [0, 0.1) is 35.0 Å². The highest BCUT2D eigenvalue weighted by molar-refractivity contribution is 5.99. The molecule has 4 amide bonds. The molecule has 5 N–H and O–H groups in total. The maximum absolute atomic E-state index is 13.8. The van der Waals surface area contributed by atoms with Gasteiger partial charge < -0.3 is 40.6 Å². The summed E-state index contributed by atoms with van der Waals surface area (Å²) in [4.78, 5) is 76.3. The van der Waals surface area contributed by atoms with E-state index >= 15 is 0 Å². The highest BCUT2D eigenvalue weighted by Crippen LogP contribution is 2.44. The molecule has 14 nitrogen and oxygen atoms in total. The lowest BCUT2D eigenvalue weighted by Gasteiger charge is -2.24. The Hall–Kier alpha value is -7.05. The van der Waals surface area contributed by atoms with Crippen LogP contribution in [0.2, 0.25) is 0 Å². The lowest BCUT2D eigenvalue weighted by atomic mass is 9.98. The van der Waals surface area contributed by atoms with Gasteiger partial charge in [-0.1, -0.05) is 74.5 Å². The van der Waals surface area contributed by atoms with Crippen LogP contribution in [0.4, 0.5) is 37.2 Å². The summed E-state index contributed by atoms with van der Waals surface area (Å²) in [5.74, 6) is -17.7. The van der Waals surface area contributed by atoms with Crippen molar-refractivity contribution < 1.29 is 70.0 Å². The first-order valence-electron chi connectivity index (χ1n) is 19.1. The van der Waals surface area contributed by atoms with Gasteiger partial charge in [0.2, 0.25) is 52.6 Å². The van der Waals surface area contributed by atoms with Crippen molar-refractivity contribution in [3.05, 3.63) is 119 Å². The first-order valence-corrected chi connectivity index (χ1v) is 19.1. The molecule has 0 bridgehead atoms. The fraction of sp³-hybridized carbons (Fsp3) is 0.302. The van der Waals surface area contributed by atoms with Crippen LogP contribution in [-0.4, -0.2) is 65.8 Å². The van der Waals surface area contributed by atoms with Crippen molar-refractivity contribution in [2.45, 2.75) is 70.7 Å². The number of benzene rings is 4. The molecule has 19 heteroatoms. The zero-order chi connectivity index (χ0) is 45.2. The SMILES string of the molecule is CC(C)C[C@@H](NC(=O)OCC1c2ccccc2-c2ccccc21)C(=O)N[C@@H](C)C(=O)N[C@@H](CCC(=O)O)C(=O)Nc1ccc(COC(=O)Oc2c(F)c(F)c(F)c(F)c2F)cc1. The Bertz CT molecular complexity index is 2270. The normalized spacial score (nSPS) is 13.2. The van der Waals surface area contributed by atoms with E-state index in [9.17, 15) is 55.8 Å². The second kappa shape index (κ2) is 20.5. The van der Waals surface area contributed by atoms with Gasteiger partial charge in [0.15, 0.2) is 0 Å². The van der Waals surface area contributed by atoms with Gasteiger partial charge in [-0.15, -0.1) is 0 Å². The second-order valence-electron chi connectivity index (χ2n) is 14.6. The number of fused-ring (bicyclic) bond motifs is 3. The molecule has 4 aromatic carbocycles. The van der Waals surface area contributed by atoms with Crippen molar-refractivity contribution in [3.8, 4) is 16.9 Å². The number of rotatable bonds is 17. The maximum Gasteiger partial charge on any atom is 0.514 e. The Kier molecular flexibility index (Phi) is 15.2. The van der Waals surface area contributed by atoms with Crippen LogP contribution in [0.5, 0.6) is 5.75 Å². The number of carboxylic acids is 1. The molecule has 0 heterocycles. The summed E-state index contributed by atoms with van der Waals surface area (Å²) in [6, 6.07) is 17.0. The number of hydrogen-bond donors (Lipinski definition) is 5. The van der Waals surface area contributed by atoms with Gasteiger partial charge in [-0.25, -0.2) is 22.8 Å². The van der Waals surface area contributed by atoms with Gasteiger partial charge in [0.05, 0.1) is 0 Å². The van der Waals surface area contributed by atoms with E-state index in [0.29, 0.717) is 0 Å². The molecular weight excluding hydrogens is 827 g/mol. The summed E-state index contributed by atoms with van der Waals surface area (Å²) >= 11 is 0. The largest absolute Gasteiger partial charge is 0.514 e. The minimum Gasteiger partial charge on any atom is -0.481 e. The number of carbonyl (C=O) groups is 6. The number of aliphatic carboxylic acids is 1. The fourth-order valence-corrected chi connectivity index (χ4v) is 6.54. The number of halogens is 5. The van der Waals surface area contributed by atoms with Crippen molar-refractivity contribution in [1.29, 1.82) is 0 Å². The molecule has 1 aliphatic rings. The van der Waals surface area contributed by atoms with Gasteiger partial charge in [0.1, 0.15) is 31.3 Å². The van der Waals surface area contributed by atoms with Crippen molar-refractivity contribution in [1.82, 2.24) is 16.0 Å². The minimum absolute atomic E-state index is 0.00420. The van der Waals surface area contributed by atoms with E-state index < -0.39 is 102 Å². The first kappa shape index (κ1) is 46.0.